The van der Waals surface area contributed by atoms with Gasteiger partial charge in [-0.2, -0.15) is 0 Å². The topological polar surface area (TPSA) is 82.5 Å². The smallest absolute Gasteiger partial charge is 0.375 e. The summed E-state index contributed by atoms with van der Waals surface area (Å²) in [4.78, 5) is 24.0. The van der Waals surface area contributed by atoms with E-state index in [2.05, 4.69) is 0 Å². The maximum absolute atomic E-state index is 12.4. The summed E-state index contributed by atoms with van der Waals surface area (Å²) in [6, 6.07) is 15.9. The lowest BCUT2D eigenvalue weighted by atomic mass is 10.1. The Kier molecular flexibility index (Phi) is 3.85. The number of hydrogen-bond donors (Lipinski definition) is 1. The quantitative estimate of drug-likeness (QED) is 0.751. The Morgan fingerprint density at radius 3 is 2.35 bits per heavy atom. The third-order valence-corrected chi connectivity index (χ3v) is 3.61. The van der Waals surface area contributed by atoms with Gasteiger partial charge in [0.2, 0.25) is 11.9 Å². The second-order valence-electron chi connectivity index (χ2n) is 5.15. The van der Waals surface area contributed by atoms with E-state index in [1.807, 2.05) is 18.2 Å². The van der Waals surface area contributed by atoms with Crippen LogP contribution in [0.4, 0.5) is 0 Å². The Morgan fingerprint density at radius 2 is 1.70 bits per heavy atom. The van der Waals surface area contributed by atoms with E-state index in [4.69, 9.17) is 14.9 Å². The number of primary amides is 1. The van der Waals surface area contributed by atoms with Crippen molar-refractivity contribution in [2.45, 2.75) is 13.0 Å². The largest absolute Gasteiger partial charge is 0.449 e. The molecule has 1 atom stereocenters. The molecule has 0 saturated heterocycles. The molecule has 0 spiro atoms. The third-order valence-electron chi connectivity index (χ3n) is 3.61. The molecule has 0 aliphatic heterocycles. The zero-order valence-corrected chi connectivity index (χ0v) is 12.5. The van der Waals surface area contributed by atoms with Crippen LogP contribution < -0.4 is 5.73 Å². The number of carbonyl (C=O) groups excluding carboxylic acids is 2. The number of benzene rings is 2. The number of furan rings is 1. The van der Waals surface area contributed by atoms with E-state index in [0.717, 1.165) is 5.39 Å². The van der Waals surface area contributed by atoms with Gasteiger partial charge in [-0.3, -0.25) is 4.79 Å². The Morgan fingerprint density at radius 1 is 1.04 bits per heavy atom. The lowest BCUT2D eigenvalue weighted by Gasteiger charge is -2.14. The van der Waals surface area contributed by atoms with Crippen LogP contribution >= 0.6 is 0 Å². The maximum Gasteiger partial charge on any atom is 0.375 e. The molecule has 0 fully saturated rings. The Labute approximate surface area is 132 Å². The molecular weight excluding hydrogens is 294 g/mol. The van der Waals surface area contributed by atoms with Crippen LogP contribution in [-0.2, 0) is 9.53 Å². The van der Waals surface area contributed by atoms with Crippen molar-refractivity contribution in [3.63, 3.8) is 0 Å². The first-order valence-corrected chi connectivity index (χ1v) is 7.11. The van der Waals surface area contributed by atoms with Crippen molar-refractivity contribution in [3.8, 4) is 0 Å². The fourth-order valence-electron chi connectivity index (χ4n) is 2.45. The summed E-state index contributed by atoms with van der Waals surface area (Å²) in [5, 5.41) is 0.829. The second-order valence-corrected chi connectivity index (χ2v) is 5.15. The van der Waals surface area contributed by atoms with Crippen LogP contribution in [0.1, 0.15) is 27.8 Å². The zero-order valence-electron chi connectivity index (χ0n) is 12.5. The van der Waals surface area contributed by atoms with E-state index in [-0.39, 0.29) is 5.76 Å². The highest BCUT2D eigenvalue weighted by Crippen LogP contribution is 2.27. The Balaban J connectivity index is 1.92. The van der Waals surface area contributed by atoms with Gasteiger partial charge >= 0.3 is 5.97 Å². The number of carbonyl (C=O) groups is 2. The number of amides is 1. The van der Waals surface area contributed by atoms with Crippen molar-refractivity contribution < 1.29 is 18.7 Å². The van der Waals surface area contributed by atoms with Gasteiger partial charge in [0, 0.05) is 16.5 Å². The fraction of sp³-hybridized carbons (Fsp3) is 0.111. The average Bonchev–Trinajstić information content (AvgIpc) is 2.90. The van der Waals surface area contributed by atoms with E-state index in [0.29, 0.717) is 16.7 Å². The number of rotatable bonds is 4. The number of hydrogen-bond acceptors (Lipinski definition) is 4. The predicted molar refractivity (Wildman–Crippen MR) is 84.7 cm³/mol. The summed E-state index contributed by atoms with van der Waals surface area (Å²) < 4.78 is 10.8. The van der Waals surface area contributed by atoms with E-state index < -0.39 is 18.0 Å². The van der Waals surface area contributed by atoms with Crippen LogP contribution in [0.25, 0.3) is 11.0 Å². The number of fused-ring (bicyclic) bond motifs is 1. The lowest BCUT2D eigenvalue weighted by molar-refractivity contribution is -0.127. The van der Waals surface area contributed by atoms with Crippen molar-refractivity contribution in [3.05, 3.63) is 71.5 Å². The van der Waals surface area contributed by atoms with Gasteiger partial charge in [0.25, 0.3) is 5.91 Å². The van der Waals surface area contributed by atoms with Crippen molar-refractivity contribution in [1.29, 1.82) is 0 Å². The number of esters is 1. The molecule has 3 rings (SSSR count). The molecule has 3 aromatic rings. The minimum atomic E-state index is -1.16. The highest BCUT2D eigenvalue weighted by Gasteiger charge is 2.26. The van der Waals surface area contributed by atoms with Gasteiger partial charge in [0.15, 0.2) is 0 Å². The SMILES string of the molecule is Cc1c(C(=O)O[C@@H](C(N)=O)c2ccccc2)oc2ccccc12. The molecule has 0 unspecified atom stereocenters. The minimum Gasteiger partial charge on any atom is -0.449 e. The molecule has 5 heteroatoms. The standard InChI is InChI=1S/C18H15NO4/c1-11-13-9-5-6-10-14(13)22-15(11)18(21)23-16(17(19)20)12-7-3-2-4-8-12/h2-10,16H,1H3,(H2,19,20)/t16-/m1/s1. The zero-order chi connectivity index (χ0) is 16.4. The van der Waals surface area contributed by atoms with Crippen molar-refractivity contribution in [1.82, 2.24) is 0 Å². The Bertz CT molecular complexity index is 867. The van der Waals surface area contributed by atoms with Gasteiger partial charge in [-0.05, 0) is 13.0 Å². The molecule has 0 aliphatic rings. The van der Waals surface area contributed by atoms with Crippen LogP contribution in [0.15, 0.2) is 59.0 Å². The molecule has 0 aliphatic carbocycles. The van der Waals surface area contributed by atoms with Gasteiger partial charge in [0.05, 0.1) is 0 Å². The van der Waals surface area contributed by atoms with Crippen molar-refractivity contribution in [2.24, 2.45) is 5.73 Å². The van der Waals surface area contributed by atoms with Crippen LogP contribution in [0, 0.1) is 6.92 Å². The molecule has 2 N–H and O–H groups in total. The summed E-state index contributed by atoms with van der Waals surface area (Å²) in [5.74, 6) is -1.38. The first-order chi connectivity index (χ1) is 11.1. The fourth-order valence-corrected chi connectivity index (χ4v) is 2.45. The van der Waals surface area contributed by atoms with Gasteiger partial charge in [-0.15, -0.1) is 0 Å². The monoisotopic (exact) mass is 309 g/mol. The van der Waals surface area contributed by atoms with E-state index in [1.165, 1.54) is 0 Å². The molecule has 0 saturated carbocycles. The summed E-state index contributed by atoms with van der Waals surface area (Å²) in [7, 11) is 0. The summed E-state index contributed by atoms with van der Waals surface area (Å²) >= 11 is 0. The summed E-state index contributed by atoms with van der Waals surface area (Å²) in [5.41, 5.74) is 7.14. The van der Waals surface area contributed by atoms with E-state index in [9.17, 15) is 9.59 Å². The van der Waals surface area contributed by atoms with Gasteiger partial charge < -0.3 is 14.9 Å². The van der Waals surface area contributed by atoms with Gasteiger partial charge in [-0.1, -0.05) is 48.5 Å². The van der Waals surface area contributed by atoms with Gasteiger partial charge in [0.1, 0.15) is 5.58 Å². The molecule has 0 bridgehead atoms. The number of aryl methyl sites for hydroxylation is 1. The van der Waals surface area contributed by atoms with Gasteiger partial charge in [-0.25, -0.2) is 4.79 Å². The van der Waals surface area contributed by atoms with E-state index >= 15 is 0 Å². The second kappa shape index (κ2) is 5.96. The molecule has 2 aromatic carbocycles. The van der Waals surface area contributed by atoms with E-state index in [1.54, 1.807) is 43.3 Å². The van der Waals surface area contributed by atoms with Crippen molar-refractivity contribution >= 4 is 22.8 Å². The lowest BCUT2D eigenvalue weighted by Crippen LogP contribution is -2.26. The molecule has 116 valence electrons. The maximum atomic E-state index is 12.4. The first kappa shape index (κ1) is 14.8. The van der Waals surface area contributed by atoms with Crippen LogP contribution in [0.2, 0.25) is 0 Å². The van der Waals surface area contributed by atoms with Crippen LogP contribution in [0.5, 0.6) is 0 Å². The normalized spacial score (nSPS) is 12.0. The average molecular weight is 309 g/mol. The highest BCUT2D eigenvalue weighted by molar-refractivity contribution is 5.97. The molecule has 23 heavy (non-hydrogen) atoms. The molecular formula is C18H15NO4. The molecule has 0 radical (unpaired) electrons. The number of ether oxygens (including phenoxy) is 1. The number of nitrogens with two attached hydrogens (primary N) is 1. The molecule has 1 heterocycles. The minimum absolute atomic E-state index is 0.0772. The molecule has 1 amide bonds. The highest BCUT2D eigenvalue weighted by atomic mass is 16.6. The van der Waals surface area contributed by atoms with Crippen molar-refractivity contribution in [2.75, 3.05) is 0 Å². The molecule has 5 nitrogen and oxygen atoms in total. The third kappa shape index (κ3) is 2.81. The molecule has 1 aromatic heterocycles. The Hall–Kier alpha value is -3.08. The summed E-state index contributed by atoms with van der Waals surface area (Å²) in [6.45, 7) is 1.77. The summed E-state index contributed by atoms with van der Waals surface area (Å²) in [6.07, 6.45) is -1.16. The van der Waals surface area contributed by atoms with Crippen LogP contribution in [0.3, 0.4) is 0 Å². The first-order valence-electron chi connectivity index (χ1n) is 7.11. The predicted octanol–water partition coefficient (Wildman–Crippen LogP) is 3.12. The van der Waals surface area contributed by atoms with Crippen LogP contribution in [-0.4, -0.2) is 11.9 Å². The number of para-hydroxylation sites is 1.